The molecule has 1 aliphatic rings. The average molecular weight is 490 g/mol. The van der Waals surface area contributed by atoms with Crippen molar-refractivity contribution in [2.45, 2.75) is 50.9 Å². The molecular weight excluding hydrogens is 466 g/mol. The van der Waals surface area contributed by atoms with Crippen molar-refractivity contribution in [2.75, 3.05) is 13.7 Å². The monoisotopic (exact) mass is 490 g/mol. The number of ether oxygens (including phenoxy) is 1. The summed E-state index contributed by atoms with van der Waals surface area (Å²) in [5, 5.41) is 20.3. The summed E-state index contributed by atoms with van der Waals surface area (Å²) in [6.45, 7) is 3.57. The number of aromatic amines is 1. The number of H-pyrrole nitrogens is 1. The maximum absolute atomic E-state index is 12.5. The van der Waals surface area contributed by atoms with Gasteiger partial charge in [-0.15, -0.1) is 4.67 Å². The first-order valence-electron chi connectivity index (χ1n) is 8.71. The Hall–Kier alpha value is -1.22. The number of aliphatic hydroxyl groups is 2. The van der Waals surface area contributed by atoms with Crippen LogP contribution in [0, 0.1) is 0 Å². The van der Waals surface area contributed by atoms with Crippen LogP contribution >= 0.6 is 15.6 Å². The third-order valence-electron chi connectivity index (χ3n) is 3.62. The summed E-state index contributed by atoms with van der Waals surface area (Å²) in [6.07, 6.45) is -5.11. The molecule has 2 rings (SSSR count). The first kappa shape index (κ1) is 26.0. The number of hydrogen-bond donors (Lipinski definition) is 4. The Labute approximate surface area is 175 Å². The first-order chi connectivity index (χ1) is 14.2. The normalized spacial score (nSPS) is 28.2. The molecule has 1 aliphatic heterocycles. The van der Waals surface area contributed by atoms with Gasteiger partial charge in [0.15, 0.2) is 6.23 Å². The fourth-order valence-electron chi connectivity index (χ4n) is 2.51. The van der Waals surface area contributed by atoms with Crippen LogP contribution in [0.2, 0.25) is 0 Å². The van der Waals surface area contributed by atoms with Gasteiger partial charge in [0.25, 0.3) is 5.56 Å². The molecule has 0 aromatic carbocycles. The van der Waals surface area contributed by atoms with Crippen molar-refractivity contribution in [3.05, 3.63) is 33.1 Å². The number of phosphoric acid groups is 2. The Kier molecular flexibility index (Phi) is 8.17. The zero-order valence-corrected chi connectivity index (χ0v) is 18.7. The number of hydrogen-bond acceptors (Lipinski definition) is 12. The van der Waals surface area contributed by atoms with Crippen molar-refractivity contribution < 1.29 is 51.9 Å². The minimum atomic E-state index is -5.12. The van der Waals surface area contributed by atoms with E-state index in [2.05, 4.69) is 18.4 Å². The van der Waals surface area contributed by atoms with E-state index >= 15 is 0 Å². The molecule has 6 unspecified atom stereocenters. The van der Waals surface area contributed by atoms with E-state index in [1.54, 1.807) is 0 Å². The molecule has 2 heterocycles. The highest BCUT2D eigenvalue weighted by Crippen LogP contribution is 2.65. The average Bonchev–Trinajstić information content (AvgIpc) is 2.86. The molecule has 0 amide bonds. The SMILES string of the molecule is COOP(=O)(OC(C)(C)C)OP(=O)(O)OCC1OC(n2ccc(=O)[nH]c2=O)C(O)C1O. The number of phosphoric ester groups is 1. The van der Waals surface area contributed by atoms with Gasteiger partial charge in [0.2, 0.25) is 0 Å². The lowest BCUT2D eigenvalue weighted by molar-refractivity contribution is -0.202. The molecule has 0 spiro atoms. The number of aromatic nitrogens is 2. The summed E-state index contributed by atoms with van der Waals surface area (Å²) in [7, 11) is -8.87. The van der Waals surface area contributed by atoms with Crippen LogP contribution in [-0.2, 0) is 36.8 Å². The van der Waals surface area contributed by atoms with Crippen LogP contribution in [0.25, 0.3) is 0 Å². The molecule has 178 valence electrons. The van der Waals surface area contributed by atoms with Gasteiger partial charge in [-0.2, -0.15) is 4.31 Å². The van der Waals surface area contributed by atoms with Gasteiger partial charge in [-0.1, -0.05) is 0 Å². The van der Waals surface area contributed by atoms with Gasteiger partial charge < -0.3 is 19.8 Å². The van der Waals surface area contributed by atoms with Crippen LogP contribution in [0.15, 0.2) is 21.9 Å². The molecule has 0 saturated carbocycles. The molecule has 1 fully saturated rings. The Morgan fingerprint density at radius 1 is 1.23 bits per heavy atom. The third kappa shape index (κ3) is 7.14. The second kappa shape index (κ2) is 9.73. The minimum absolute atomic E-state index is 0.687. The predicted molar refractivity (Wildman–Crippen MR) is 101 cm³/mol. The van der Waals surface area contributed by atoms with Gasteiger partial charge in [-0.25, -0.2) is 18.8 Å². The maximum Gasteiger partial charge on any atom is 0.511 e. The summed E-state index contributed by atoms with van der Waals surface area (Å²) in [5.74, 6) is 0. The van der Waals surface area contributed by atoms with Crippen LogP contribution in [0.4, 0.5) is 0 Å². The van der Waals surface area contributed by atoms with E-state index in [1.807, 2.05) is 4.98 Å². The van der Waals surface area contributed by atoms with Crippen molar-refractivity contribution in [1.29, 1.82) is 0 Å². The molecule has 15 nitrogen and oxygen atoms in total. The number of nitrogens with one attached hydrogen (secondary N) is 1. The molecule has 0 bridgehead atoms. The molecule has 31 heavy (non-hydrogen) atoms. The second-order valence-electron chi connectivity index (χ2n) is 7.30. The Bertz CT molecular complexity index is 970. The zero-order valence-electron chi connectivity index (χ0n) is 16.9. The summed E-state index contributed by atoms with van der Waals surface area (Å²) in [5.41, 5.74) is -2.73. The molecule has 6 atom stereocenters. The van der Waals surface area contributed by atoms with Gasteiger partial charge in [-0.05, 0) is 20.8 Å². The summed E-state index contributed by atoms with van der Waals surface area (Å²) in [4.78, 5) is 39.1. The molecule has 0 radical (unpaired) electrons. The Morgan fingerprint density at radius 2 is 1.87 bits per heavy atom. The van der Waals surface area contributed by atoms with E-state index in [4.69, 9.17) is 9.26 Å². The van der Waals surface area contributed by atoms with Crippen LogP contribution in [0.1, 0.15) is 27.0 Å². The van der Waals surface area contributed by atoms with E-state index in [-0.39, 0.29) is 0 Å². The molecule has 4 N–H and O–H groups in total. The third-order valence-corrected chi connectivity index (χ3v) is 6.82. The molecule has 17 heteroatoms. The highest BCUT2D eigenvalue weighted by Gasteiger charge is 2.47. The van der Waals surface area contributed by atoms with Crippen LogP contribution in [0.5, 0.6) is 0 Å². The first-order valence-corrected chi connectivity index (χ1v) is 11.7. The Balaban J connectivity index is 2.08. The van der Waals surface area contributed by atoms with Crippen LogP contribution < -0.4 is 11.2 Å². The smallest absolute Gasteiger partial charge is 0.387 e. The standard InChI is InChI=1S/C14H24N2O13P2/c1-14(2,3)27-31(23,28-24-4)29-30(21,22)25-7-8-10(18)11(19)12(26-8)16-6-5-9(17)15-13(16)20/h5-6,8,10-12,18-19H,7H2,1-4H3,(H,21,22)(H,15,17,20). The van der Waals surface area contributed by atoms with Gasteiger partial charge in [-0.3, -0.25) is 23.4 Å². The van der Waals surface area contributed by atoms with Gasteiger partial charge in [0, 0.05) is 12.3 Å². The minimum Gasteiger partial charge on any atom is -0.387 e. The van der Waals surface area contributed by atoms with E-state index in [0.29, 0.717) is 0 Å². The molecule has 1 aromatic heterocycles. The van der Waals surface area contributed by atoms with Gasteiger partial charge in [0.05, 0.1) is 19.3 Å². The number of nitrogens with zero attached hydrogens (tertiary/aromatic N) is 1. The fourth-order valence-corrected chi connectivity index (χ4v) is 5.18. The summed E-state index contributed by atoms with van der Waals surface area (Å²) >= 11 is 0. The topological polar surface area (TPSA) is 205 Å². The number of aliphatic hydroxyl groups excluding tert-OH is 2. The summed E-state index contributed by atoms with van der Waals surface area (Å²) in [6, 6.07) is 0.992. The molecular formula is C14H24N2O13P2. The van der Waals surface area contributed by atoms with Crippen molar-refractivity contribution >= 4 is 15.6 Å². The summed E-state index contributed by atoms with van der Waals surface area (Å²) < 4.78 is 49.3. The molecule has 1 aromatic rings. The van der Waals surface area contributed by atoms with E-state index < -0.39 is 63.6 Å². The maximum atomic E-state index is 12.5. The van der Waals surface area contributed by atoms with Gasteiger partial charge in [0.1, 0.15) is 18.3 Å². The van der Waals surface area contributed by atoms with Crippen molar-refractivity contribution in [1.82, 2.24) is 9.55 Å². The van der Waals surface area contributed by atoms with E-state index in [1.165, 1.54) is 20.8 Å². The predicted octanol–water partition coefficient (Wildman–Crippen LogP) is -0.209. The number of rotatable bonds is 9. The van der Waals surface area contributed by atoms with Crippen molar-refractivity contribution in [3.8, 4) is 0 Å². The fraction of sp³-hybridized carbons (Fsp3) is 0.714. The lowest BCUT2D eigenvalue weighted by Gasteiger charge is -2.26. The van der Waals surface area contributed by atoms with Gasteiger partial charge >= 0.3 is 21.3 Å². The largest absolute Gasteiger partial charge is 0.511 e. The van der Waals surface area contributed by atoms with E-state index in [0.717, 1.165) is 23.9 Å². The second-order valence-corrected chi connectivity index (χ2v) is 10.4. The lowest BCUT2D eigenvalue weighted by atomic mass is 10.1. The lowest BCUT2D eigenvalue weighted by Crippen LogP contribution is -2.37. The van der Waals surface area contributed by atoms with Crippen molar-refractivity contribution in [3.63, 3.8) is 0 Å². The highest BCUT2D eigenvalue weighted by atomic mass is 31.3. The zero-order chi connectivity index (χ0) is 23.6. The Morgan fingerprint density at radius 3 is 2.42 bits per heavy atom. The molecule has 1 saturated heterocycles. The van der Waals surface area contributed by atoms with Crippen LogP contribution in [0.3, 0.4) is 0 Å². The quantitative estimate of drug-likeness (QED) is 0.201. The van der Waals surface area contributed by atoms with E-state index in [9.17, 15) is 33.8 Å². The highest BCUT2D eigenvalue weighted by molar-refractivity contribution is 7.61. The van der Waals surface area contributed by atoms with Crippen LogP contribution in [-0.4, -0.2) is 62.3 Å². The van der Waals surface area contributed by atoms with Crippen molar-refractivity contribution in [2.24, 2.45) is 0 Å². The molecule has 0 aliphatic carbocycles.